The summed E-state index contributed by atoms with van der Waals surface area (Å²) in [6.45, 7) is 0.514. The van der Waals surface area contributed by atoms with Crippen molar-refractivity contribution in [3.8, 4) is 11.3 Å². The Morgan fingerprint density at radius 1 is 1.06 bits per heavy atom. The van der Waals surface area contributed by atoms with Crippen LogP contribution in [0.3, 0.4) is 0 Å². The molecule has 0 radical (unpaired) electrons. The Kier molecular flexibility index (Phi) is 5.17. The highest BCUT2D eigenvalue weighted by Gasteiger charge is 2.26. The summed E-state index contributed by atoms with van der Waals surface area (Å²) in [6, 6.07) is 18.4. The molecule has 0 bridgehead atoms. The second-order valence-corrected chi connectivity index (χ2v) is 8.15. The van der Waals surface area contributed by atoms with Crippen molar-refractivity contribution in [2.24, 2.45) is 0 Å². The lowest BCUT2D eigenvalue weighted by Crippen LogP contribution is -2.13. The molecular formula is C25H20ClN3O3. The van der Waals surface area contributed by atoms with Gasteiger partial charge in [0.2, 0.25) is 0 Å². The predicted molar refractivity (Wildman–Crippen MR) is 125 cm³/mol. The molecule has 2 heterocycles. The molecule has 1 aliphatic heterocycles. The first-order valence-electron chi connectivity index (χ1n) is 10.3. The third kappa shape index (κ3) is 3.64. The van der Waals surface area contributed by atoms with Gasteiger partial charge in [-0.25, -0.2) is 0 Å². The van der Waals surface area contributed by atoms with Gasteiger partial charge in [0.1, 0.15) is 0 Å². The molecule has 4 N–H and O–H groups in total. The molecule has 3 aromatic carbocycles. The van der Waals surface area contributed by atoms with E-state index in [1.54, 1.807) is 12.1 Å². The van der Waals surface area contributed by atoms with Gasteiger partial charge in [0.25, 0.3) is 11.8 Å². The van der Waals surface area contributed by atoms with Crippen LogP contribution in [0.1, 0.15) is 31.8 Å². The number of nitrogens with one attached hydrogen (secondary N) is 3. The van der Waals surface area contributed by atoms with Crippen LogP contribution >= 0.6 is 11.6 Å². The van der Waals surface area contributed by atoms with Gasteiger partial charge in [-0.1, -0.05) is 29.8 Å². The van der Waals surface area contributed by atoms with Crippen LogP contribution < -0.4 is 10.6 Å². The van der Waals surface area contributed by atoms with E-state index in [0.717, 1.165) is 33.3 Å². The smallest absolute Gasteiger partial charge is 0.255 e. The van der Waals surface area contributed by atoms with Crippen molar-refractivity contribution in [3.05, 3.63) is 87.9 Å². The predicted octanol–water partition coefficient (Wildman–Crippen LogP) is 4.52. The minimum Gasteiger partial charge on any atom is -0.396 e. The molecule has 1 aliphatic rings. The molecule has 32 heavy (non-hydrogen) atoms. The molecule has 0 fully saturated rings. The lowest BCUT2D eigenvalue weighted by Gasteiger charge is -2.06. The van der Waals surface area contributed by atoms with Crippen LogP contribution in [0.2, 0.25) is 5.02 Å². The minimum absolute atomic E-state index is 0.0911. The van der Waals surface area contributed by atoms with Crippen molar-refractivity contribution >= 4 is 40.0 Å². The van der Waals surface area contributed by atoms with Crippen LogP contribution in [0.25, 0.3) is 22.2 Å². The molecule has 0 spiro atoms. The number of H-pyrrole nitrogens is 1. The van der Waals surface area contributed by atoms with Gasteiger partial charge in [0, 0.05) is 57.1 Å². The lowest BCUT2D eigenvalue weighted by atomic mass is 10.0. The van der Waals surface area contributed by atoms with E-state index in [1.165, 1.54) is 0 Å². The monoisotopic (exact) mass is 445 g/mol. The van der Waals surface area contributed by atoms with Gasteiger partial charge in [0.15, 0.2) is 0 Å². The lowest BCUT2D eigenvalue weighted by molar-refractivity contribution is 0.0965. The van der Waals surface area contributed by atoms with Crippen molar-refractivity contribution in [1.29, 1.82) is 0 Å². The summed E-state index contributed by atoms with van der Waals surface area (Å²) in [6.07, 6.45) is 0.583. The van der Waals surface area contributed by atoms with Crippen molar-refractivity contribution in [2.75, 3.05) is 11.9 Å². The zero-order valence-electron chi connectivity index (χ0n) is 17.0. The van der Waals surface area contributed by atoms with Gasteiger partial charge in [-0.2, -0.15) is 0 Å². The maximum absolute atomic E-state index is 12.8. The van der Waals surface area contributed by atoms with Crippen molar-refractivity contribution in [3.63, 3.8) is 0 Å². The number of aliphatic hydroxyl groups excluding tert-OH is 1. The fourth-order valence-corrected chi connectivity index (χ4v) is 4.27. The highest BCUT2D eigenvalue weighted by Crippen LogP contribution is 2.34. The number of fused-ring (bicyclic) bond motifs is 2. The number of halogens is 1. The molecule has 1 aromatic heterocycles. The van der Waals surface area contributed by atoms with E-state index in [9.17, 15) is 9.59 Å². The number of aromatic amines is 1. The number of carbonyl (C=O) groups excluding carboxylic acids is 2. The van der Waals surface area contributed by atoms with Crippen molar-refractivity contribution in [2.45, 2.75) is 13.0 Å². The minimum atomic E-state index is -0.212. The first kappa shape index (κ1) is 20.3. The SMILES string of the molecule is O=C(Nc1ccc(CCO)cc1)c1ccc2[nH]c(-c3ccc(Cl)c4c3C(=O)NC4)cc2c1. The molecule has 5 rings (SSSR count). The van der Waals surface area contributed by atoms with Crippen LogP contribution in [0, 0.1) is 0 Å². The zero-order valence-corrected chi connectivity index (χ0v) is 17.8. The van der Waals surface area contributed by atoms with Gasteiger partial charge in [0.05, 0.1) is 5.56 Å². The van der Waals surface area contributed by atoms with Gasteiger partial charge in [-0.15, -0.1) is 0 Å². The molecule has 0 unspecified atom stereocenters. The maximum atomic E-state index is 12.8. The van der Waals surface area contributed by atoms with E-state index < -0.39 is 0 Å². The Bertz CT molecular complexity index is 1360. The number of rotatable bonds is 5. The number of aromatic nitrogens is 1. The summed E-state index contributed by atoms with van der Waals surface area (Å²) in [5, 5.41) is 16.2. The Morgan fingerprint density at radius 3 is 2.66 bits per heavy atom. The first-order valence-corrected chi connectivity index (χ1v) is 10.6. The number of anilines is 1. The molecule has 0 atom stereocenters. The number of benzene rings is 3. The number of carbonyl (C=O) groups is 2. The van der Waals surface area contributed by atoms with Crippen LogP contribution in [-0.2, 0) is 13.0 Å². The van der Waals surface area contributed by atoms with E-state index >= 15 is 0 Å². The van der Waals surface area contributed by atoms with E-state index in [2.05, 4.69) is 15.6 Å². The highest BCUT2D eigenvalue weighted by molar-refractivity contribution is 6.32. The molecule has 0 aliphatic carbocycles. The molecule has 6 nitrogen and oxygen atoms in total. The van der Waals surface area contributed by atoms with Crippen LogP contribution in [0.5, 0.6) is 0 Å². The normalized spacial score (nSPS) is 12.6. The van der Waals surface area contributed by atoms with Gasteiger partial charge in [-0.05, 0) is 54.4 Å². The fraction of sp³-hybridized carbons (Fsp3) is 0.120. The first-order chi connectivity index (χ1) is 15.5. The Morgan fingerprint density at radius 2 is 1.88 bits per heavy atom. The molecule has 2 amide bonds. The van der Waals surface area contributed by atoms with E-state index in [0.29, 0.717) is 34.8 Å². The van der Waals surface area contributed by atoms with Gasteiger partial charge < -0.3 is 20.7 Å². The van der Waals surface area contributed by atoms with Crippen molar-refractivity contribution < 1.29 is 14.7 Å². The number of amides is 2. The van der Waals surface area contributed by atoms with Crippen LogP contribution in [0.4, 0.5) is 5.69 Å². The molecule has 0 saturated carbocycles. The fourth-order valence-electron chi connectivity index (χ4n) is 4.04. The summed E-state index contributed by atoms with van der Waals surface area (Å²) < 4.78 is 0. The summed E-state index contributed by atoms with van der Waals surface area (Å²) >= 11 is 6.26. The van der Waals surface area contributed by atoms with Crippen molar-refractivity contribution in [1.82, 2.24) is 10.3 Å². The summed E-state index contributed by atoms with van der Waals surface area (Å²) in [5.41, 5.74) is 6.06. The van der Waals surface area contributed by atoms with E-state index in [4.69, 9.17) is 16.7 Å². The molecule has 7 heteroatoms. The Balaban J connectivity index is 1.43. The quantitative estimate of drug-likeness (QED) is 0.364. The summed E-state index contributed by atoms with van der Waals surface area (Å²) in [7, 11) is 0. The molecule has 0 saturated heterocycles. The summed E-state index contributed by atoms with van der Waals surface area (Å²) in [4.78, 5) is 28.4. The Hall–Kier alpha value is -3.61. The number of hydrogen-bond donors (Lipinski definition) is 4. The van der Waals surface area contributed by atoms with Crippen LogP contribution in [-0.4, -0.2) is 28.5 Å². The van der Waals surface area contributed by atoms with E-state index in [-0.39, 0.29) is 18.4 Å². The average molecular weight is 446 g/mol. The largest absolute Gasteiger partial charge is 0.396 e. The zero-order chi connectivity index (χ0) is 22.2. The highest BCUT2D eigenvalue weighted by atomic mass is 35.5. The van der Waals surface area contributed by atoms with Gasteiger partial charge in [-0.3, -0.25) is 9.59 Å². The summed E-state index contributed by atoms with van der Waals surface area (Å²) in [5.74, 6) is -0.349. The Labute approximate surface area is 189 Å². The molecule has 4 aromatic rings. The second kappa shape index (κ2) is 8.15. The average Bonchev–Trinajstić information content (AvgIpc) is 3.39. The molecular weight excluding hydrogens is 426 g/mol. The molecule has 160 valence electrons. The number of aliphatic hydroxyl groups is 1. The topological polar surface area (TPSA) is 94.2 Å². The second-order valence-electron chi connectivity index (χ2n) is 7.74. The third-order valence-electron chi connectivity index (χ3n) is 5.69. The van der Waals surface area contributed by atoms with Crippen LogP contribution in [0.15, 0.2) is 60.7 Å². The van der Waals surface area contributed by atoms with E-state index in [1.807, 2.05) is 48.5 Å². The number of hydrogen-bond acceptors (Lipinski definition) is 3. The third-order valence-corrected chi connectivity index (χ3v) is 6.05. The van der Waals surface area contributed by atoms with Gasteiger partial charge >= 0.3 is 0 Å². The standard InChI is InChI=1S/C25H20ClN3O3/c26-20-7-6-18(23-19(20)13-27-25(23)32)22-12-16-11-15(3-8-21(16)29-22)24(31)28-17-4-1-14(2-5-17)9-10-30/h1-8,11-12,29-30H,9-10,13H2,(H,27,32)(H,28,31). The maximum Gasteiger partial charge on any atom is 0.255 e.